The molecule has 0 unspecified atom stereocenters. The van der Waals surface area contributed by atoms with Crippen molar-refractivity contribution in [3.05, 3.63) is 18.2 Å². The van der Waals surface area contributed by atoms with Gasteiger partial charge in [-0.25, -0.2) is 9.13 Å². The van der Waals surface area contributed by atoms with Gasteiger partial charge in [-0.05, 0) is 33.6 Å². The number of aromatic nitrogens is 2. The lowest BCUT2D eigenvalue weighted by atomic mass is 10.4. The van der Waals surface area contributed by atoms with Crippen molar-refractivity contribution >= 4 is 8.80 Å². The van der Waals surface area contributed by atoms with E-state index in [9.17, 15) is 0 Å². The van der Waals surface area contributed by atoms with Gasteiger partial charge in [-0.2, -0.15) is 0 Å². The monoisotopic (exact) mass is 364 g/mol. The van der Waals surface area contributed by atoms with Crippen molar-refractivity contribution in [2.75, 3.05) is 19.8 Å². The fraction of sp³-hybridized carbons (Fsp3) is 0.812. The van der Waals surface area contributed by atoms with Gasteiger partial charge in [-0.3, -0.25) is 0 Å². The van der Waals surface area contributed by atoms with Crippen LogP contribution in [0.4, 0.5) is 0 Å². The van der Waals surface area contributed by atoms with E-state index in [0.717, 1.165) is 32.0 Å². The van der Waals surface area contributed by atoms with Gasteiger partial charge in [0.2, 0.25) is 0 Å². The minimum absolute atomic E-state index is 0. The Morgan fingerprint density at radius 2 is 1.61 bits per heavy atom. The molecule has 5 nitrogen and oxygen atoms in total. The van der Waals surface area contributed by atoms with Crippen LogP contribution >= 0.6 is 0 Å². The van der Waals surface area contributed by atoms with Gasteiger partial charge < -0.3 is 25.7 Å². The van der Waals surface area contributed by atoms with E-state index in [0.29, 0.717) is 19.8 Å². The van der Waals surface area contributed by atoms with Crippen LogP contribution in [0.25, 0.3) is 0 Å². The van der Waals surface area contributed by atoms with E-state index in [2.05, 4.69) is 35.4 Å². The van der Waals surface area contributed by atoms with Crippen molar-refractivity contribution < 1.29 is 30.3 Å². The van der Waals surface area contributed by atoms with Crippen molar-refractivity contribution in [1.29, 1.82) is 0 Å². The molecule has 1 aromatic rings. The second-order valence-corrected chi connectivity index (χ2v) is 8.05. The summed E-state index contributed by atoms with van der Waals surface area (Å²) in [5, 5.41) is 0. The van der Waals surface area contributed by atoms with E-state index in [1.165, 1.54) is 5.82 Å². The van der Waals surface area contributed by atoms with Crippen molar-refractivity contribution in [3.63, 3.8) is 0 Å². The predicted octanol–water partition coefficient (Wildman–Crippen LogP) is -0.0635. The van der Waals surface area contributed by atoms with Crippen LogP contribution in [0.15, 0.2) is 12.4 Å². The zero-order valence-corrected chi connectivity index (χ0v) is 17.1. The molecule has 0 amide bonds. The molecule has 0 saturated carbocycles. The smallest absolute Gasteiger partial charge is 0.501 e. The summed E-state index contributed by atoms with van der Waals surface area (Å²) in [5.74, 6) is 1.30. The van der Waals surface area contributed by atoms with Crippen LogP contribution in [0.1, 0.15) is 46.4 Å². The summed E-state index contributed by atoms with van der Waals surface area (Å²) in [6, 6.07) is 0.869. The SMILES string of the molecule is CCC[n+]1ccn(CCC[Si](OCC)(OCC)OCC)c1C.[Cl-]. The third-order valence-corrected chi connectivity index (χ3v) is 6.85. The van der Waals surface area contributed by atoms with Crippen molar-refractivity contribution in [2.45, 2.75) is 66.6 Å². The summed E-state index contributed by atoms with van der Waals surface area (Å²) >= 11 is 0. The zero-order chi connectivity index (χ0) is 16.4. The number of halogens is 1. The van der Waals surface area contributed by atoms with Crippen LogP contribution in [-0.2, 0) is 26.4 Å². The highest BCUT2D eigenvalue weighted by Crippen LogP contribution is 2.19. The molecule has 1 heterocycles. The Kier molecular flexibility index (Phi) is 11.8. The Morgan fingerprint density at radius 3 is 2.09 bits per heavy atom. The maximum absolute atomic E-state index is 5.90. The fourth-order valence-corrected chi connectivity index (χ4v) is 5.32. The standard InChI is InChI=1S/C16H33N2O3Si.ClH/c1-6-11-17-13-14-18(16(17)5)12-10-15-22(19-7-2,20-8-3)21-9-4;/h13-14H,6-12,15H2,1-5H3;1H/q+1;/p-1. The second-order valence-electron chi connectivity index (χ2n) is 5.32. The summed E-state index contributed by atoms with van der Waals surface area (Å²) in [4.78, 5) is 0. The highest BCUT2D eigenvalue weighted by atomic mass is 35.5. The molecule has 0 atom stereocenters. The average molecular weight is 365 g/mol. The Labute approximate surface area is 148 Å². The average Bonchev–Trinajstić information content (AvgIpc) is 2.82. The first-order valence-electron chi connectivity index (χ1n) is 8.59. The van der Waals surface area contributed by atoms with Crippen molar-refractivity contribution in [2.24, 2.45) is 0 Å². The molecule has 0 saturated heterocycles. The molecule has 0 aliphatic carbocycles. The Bertz CT molecular complexity index is 412. The highest BCUT2D eigenvalue weighted by Gasteiger charge is 2.39. The van der Waals surface area contributed by atoms with Gasteiger partial charge in [0.15, 0.2) is 0 Å². The Morgan fingerprint density at radius 1 is 1.04 bits per heavy atom. The number of rotatable bonds is 12. The van der Waals surface area contributed by atoms with Gasteiger partial charge in [-0.15, -0.1) is 0 Å². The van der Waals surface area contributed by atoms with Gasteiger partial charge >= 0.3 is 8.80 Å². The molecule has 0 aliphatic heterocycles. The first-order valence-corrected chi connectivity index (χ1v) is 10.5. The summed E-state index contributed by atoms with van der Waals surface area (Å²) in [5.41, 5.74) is 0. The van der Waals surface area contributed by atoms with Gasteiger partial charge in [0.05, 0.1) is 13.1 Å². The molecule has 0 radical (unpaired) electrons. The third-order valence-electron chi connectivity index (χ3n) is 3.70. The molecular weight excluding hydrogens is 332 g/mol. The molecule has 0 N–H and O–H groups in total. The van der Waals surface area contributed by atoms with E-state index in [1.807, 2.05) is 20.8 Å². The molecule has 1 aromatic heterocycles. The number of imidazole rings is 1. The predicted molar refractivity (Wildman–Crippen MR) is 89.7 cm³/mol. The van der Waals surface area contributed by atoms with Gasteiger partial charge in [-0.1, -0.05) is 6.92 Å². The van der Waals surface area contributed by atoms with E-state index in [-0.39, 0.29) is 12.4 Å². The number of aryl methyl sites for hydroxylation is 2. The van der Waals surface area contributed by atoms with E-state index in [1.54, 1.807) is 0 Å². The lowest BCUT2D eigenvalue weighted by Crippen LogP contribution is -3.00. The van der Waals surface area contributed by atoms with E-state index >= 15 is 0 Å². The molecule has 7 heteroatoms. The van der Waals surface area contributed by atoms with Crippen molar-refractivity contribution in [1.82, 2.24) is 4.57 Å². The largest absolute Gasteiger partial charge is 1.00 e. The first-order chi connectivity index (χ1) is 10.6. The van der Waals surface area contributed by atoms with Crippen LogP contribution in [0.3, 0.4) is 0 Å². The van der Waals surface area contributed by atoms with Crippen LogP contribution in [0, 0.1) is 6.92 Å². The number of nitrogens with zero attached hydrogens (tertiary/aromatic N) is 2. The number of hydrogen-bond donors (Lipinski definition) is 0. The number of hydrogen-bond acceptors (Lipinski definition) is 3. The minimum Gasteiger partial charge on any atom is -1.00 e. The molecule has 0 fully saturated rings. The minimum atomic E-state index is -2.50. The third kappa shape index (κ3) is 6.93. The van der Waals surface area contributed by atoms with Crippen molar-refractivity contribution in [3.8, 4) is 0 Å². The molecule has 0 spiro atoms. The maximum atomic E-state index is 5.90. The van der Waals surface area contributed by atoms with Crippen LogP contribution < -0.4 is 17.0 Å². The highest BCUT2D eigenvalue weighted by molar-refractivity contribution is 6.60. The lowest BCUT2D eigenvalue weighted by Gasteiger charge is -2.28. The summed E-state index contributed by atoms with van der Waals surface area (Å²) < 4.78 is 22.3. The van der Waals surface area contributed by atoms with Gasteiger partial charge in [0.25, 0.3) is 5.82 Å². The Hall–Kier alpha value is -0.403. The Balaban J connectivity index is 0.00000484. The van der Waals surface area contributed by atoms with E-state index < -0.39 is 8.80 Å². The van der Waals surface area contributed by atoms with Crippen LogP contribution in [0.5, 0.6) is 0 Å². The second kappa shape index (κ2) is 12.0. The first kappa shape index (κ1) is 22.6. The lowest BCUT2D eigenvalue weighted by molar-refractivity contribution is -0.702. The van der Waals surface area contributed by atoms with Crippen LogP contribution in [-0.4, -0.2) is 33.2 Å². The van der Waals surface area contributed by atoms with Gasteiger partial charge in [0, 0.05) is 32.8 Å². The van der Waals surface area contributed by atoms with Crippen LogP contribution in [0.2, 0.25) is 6.04 Å². The summed E-state index contributed by atoms with van der Waals surface area (Å²) in [6.07, 6.45) is 6.49. The normalized spacial score (nSPS) is 11.5. The molecule has 23 heavy (non-hydrogen) atoms. The topological polar surface area (TPSA) is 36.5 Å². The molecule has 136 valence electrons. The molecule has 0 aromatic carbocycles. The quantitative estimate of drug-likeness (QED) is 0.385. The summed E-state index contributed by atoms with van der Waals surface area (Å²) in [7, 11) is -2.50. The molecule has 0 aliphatic rings. The summed E-state index contributed by atoms with van der Waals surface area (Å²) in [6.45, 7) is 14.4. The van der Waals surface area contributed by atoms with E-state index in [4.69, 9.17) is 13.3 Å². The molecular formula is C16H33ClN2O3Si. The molecule has 0 bridgehead atoms. The van der Waals surface area contributed by atoms with Gasteiger partial charge in [0.1, 0.15) is 12.4 Å². The molecule has 1 rings (SSSR count). The fourth-order valence-electron chi connectivity index (χ4n) is 2.72. The zero-order valence-electron chi connectivity index (χ0n) is 15.3. The maximum Gasteiger partial charge on any atom is 0.501 e.